The summed E-state index contributed by atoms with van der Waals surface area (Å²) < 4.78 is 0.918. The SMILES string of the molecule is CCC(=O)N1N=C(c2c(O)n(C)c(=O)[nH]c2=O)C[C@H]1c1ccc(Cl)cc1. The number of aromatic amines is 1. The summed E-state index contributed by atoms with van der Waals surface area (Å²) in [6.07, 6.45) is 0.457. The van der Waals surface area contributed by atoms with Gasteiger partial charge in [0, 0.05) is 24.9 Å². The highest BCUT2D eigenvalue weighted by atomic mass is 35.5. The number of nitrogens with zero attached hydrogens (tertiary/aromatic N) is 3. The van der Waals surface area contributed by atoms with E-state index in [0.29, 0.717) is 5.02 Å². The molecule has 2 heterocycles. The van der Waals surface area contributed by atoms with Crippen LogP contribution in [0, 0.1) is 0 Å². The van der Waals surface area contributed by atoms with Crippen molar-refractivity contribution in [1.29, 1.82) is 0 Å². The first-order valence-corrected chi connectivity index (χ1v) is 8.39. The molecule has 1 aliphatic rings. The van der Waals surface area contributed by atoms with E-state index in [4.69, 9.17) is 11.6 Å². The second-order valence-electron chi connectivity index (χ2n) is 5.93. The van der Waals surface area contributed by atoms with Crippen molar-refractivity contribution in [2.45, 2.75) is 25.8 Å². The number of hydrazone groups is 1. The molecule has 2 aromatic rings. The zero-order valence-corrected chi connectivity index (χ0v) is 14.9. The predicted octanol–water partition coefficient (Wildman–Crippen LogP) is 1.52. The number of aromatic hydroxyl groups is 1. The summed E-state index contributed by atoms with van der Waals surface area (Å²) in [5.74, 6) is -0.709. The van der Waals surface area contributed by atoms with Gasteiger partial charge in [0.15, 0.2) is 0 Å². The summed E-state index contributed by atoms with van der Waals surface area (Å²) in [5, 5.41) is 16.4. The third-order valence-corrected chi connectivity index (χ3v) is 4.56. The Morgan fingerprint density at radius 2 is 2.00 bits per heavy atom. The average molecular weight is 377 g/mol. The van der Waals surface area contributed by atoms with Gasteiger partial charge in [0.05, 0.1) is 11.8 Å². The van der Waals surface area contributed by atoms with Crippen LogP contribution in [0.25, 0.3) is 0 Å². The number of aromatic nitrogens is 2. The Kier molecular flexibility index (Phi) is 4.69. The zero-order valence-electron chi connectivity index (χ0n) is 14.2. The smallest absolute Gasteiger partial charge is 0.330 e. The summed E-state index contributed by atoms with van der Waals surface area (Å²) >= 11 is 5.92. The summed E-state index contributed by atoms with van der Waals surface area (Å²) in [6.45, 7) is 1.71. The van der Waals surface area contributed by atoms with Crippen molar-refractivity contribution in [2.75, 3.05) is 0 Å². The van der Waals surface area contributed by atoms with E-state index < -0.39 is 23.2 Å². The Balaban J connectivity index is 2.09. The van der Waals surface area contributed by atoms with Gasteiger partial charge in [-0.1, -0.05) is 30.7 Å². The van der Waals surface area contributed by atoms with E-state index in [9.17, 15) is 19.5 Å². The number of rotatable bonds is 3. The van der Waals surface area contributed by atoms with Crippen LogP contribution in [0.3, 0.4) is 0 Å². The fourth-order valence-corrected chi connectivity index (χ4v) is 2.99. The summed E-state index contributed by atoms with van der Waals surface area (Å²) in [4.78, 5) is 38.3. The molecule has 8 nitrogen and oxygen atoms in total. The molecule has 2 N–H and O–H groups in total. The van der Waals surface area contributed by atoms with E-state index in [1.54, 1.807) is 31.2 Å². The monoisotopic (exact) mass is 376 g/mol. The van der Waals surface area contributed by atoms with Gasteiger partial charge in [-0.3, -0.25) is 19.1 Å². The highest BCUT2D eigenvalue weighted by Gasteiger charge is 2.34. The maximum absolute atomic E-state index is 12.3. The summed E-state index contributed by atoms with van der Waals surface area (Å²) in [7, 11) is 1.33. The van der Waals surface area contributed by atoms with Gasteiger partial charge in [0.1, 0.15) is 5.56 Å². The molecule has 1 aliphatic heterocycles. The Labute approximate surface area is 153 Å². The minimum Gasteiger partial charge on any atom is -0.494 e. The number of benzene rings is 1. The highest BCUT2D eigenvalue weighted by Crippen LogP contribution is 2.34. The molecule has 0 saturated carbocycles. The van der Waals surface area contributed by atoms with Gasteiger partial charge in [0.25, 0.3) is 5.56 Å². The lowest BCUT2D eigenvalue weighted by Gasteiger charge is -2.21. The van der Waals surface area contributed by atoms with Gasteiger partial charge in [-0.05, 0) is 17.7 Å². The van der Waals surface area contributed by atoms with Crippen molar-refractivity contribution in [3.8, 4) is 5.88 Å². The number of carbonyl (C=O) groups excluding carboxylic acids is 1. The summed E-state index contributed by atoms with van der Waals surface area (Å²) in [5.41, 5.74) is -0.551. The fraction of sp³-hybridized carbons (Fsp3) is 0.294. The molecule has 0 spiro atoms. The van der Waals surface area contributed by atoms with E-state index in [-0.39, 0.29) is 30.0 Å². The minimum atomic E-state index is -0.745. The lowest BCUT2D eigenvalue weighted by Crippen LogP contribution is -2.32. The molecule has 0 bridgehead atoms. The van der Waals surface area contributed by atoms with Crippen molar-refractivity contribution in [3.63, 3.8) is 0 Å². The molecule has 1 aromatic carbocycles. The molecule has 1 amide bonds. The normalized spacial score (nSPS) is 16.7. The van der Waals surface area contributed by atoms with Gasteiger partial charge >= 0.3 is 5.69 Å². The molecular formula is C17H17ClN4O4. The van der Waals surface area contributed by atoms with Gasteiger partial charge in [-0.15, -0.1) is 0 Å². The number of hydrogen-bond acceptors (Lipinski definition) is 5. The van der Waals surface area contributed by atoms with Gasteiger partial charge in [-0.2, -0.15) is 5.10 Å². The molecule has 0 radical (unpaired) electrons. The first-order valence-electron chi connectivity index (χ1n) is 8.01. The number of carbonyl (C=O) groups is 1. The second-order valence-corrected chi connectivity index (χ2v) is 6.36. The summed E-state index contributed by atoms with van der Waals surface area (Å²) in [6, 6.07) is 6.56. The van der Waals surface area contributed by atoms with Crippen LogP contribution < -0.4 is 11.2 Å². The van der Waals surface area contributed by atoms with Crippen molar-refractivity contribution in [1.82, 2.24) is 14.6 Å². The standard InChI is InChI=1S/C17H17ClN4O4/c1-3-13(23)22-12(9-4-6-10(18)7-5-9)8-11(20-22)14-15(24)19-17(26)21(2)16(14)25/h4-7,12,25H,3,8H2,1-2H3,(H,19,24,26)/t12-/m0/s1. The minimum absolute atomic E-state index is 0.113. The number of halogens is 1. The van der Waals surface area contributed by atoms with Crippen LogP contribution in [0.15, 0.2) is 39.0 Å². The fourth-order valence-electron chi connectivity index (χ4n) is 2.87. The highest BCUT2D eigenvalue weighted by molar-refractivity contribution is 6.30. The predicted molar refractivity (Wildman–Crippen MR) is 96.5 cm³/mol. The van der Waals surface area contributed by atoms with Gasteiger partial charge < -0.3 is 5.11 Å². The first kappa shape index (κ1) is 17.9. The Bertz CT molecular complexity index is 1010. The topological polar surface area (TPSA) is 108 Å². The molecule has 0 unspecified atom stereocenters. The molecule has 0 saturated heterocycles. The molecule has 3 rings (SSSR count). The Morgan fingerprint density at radius 3 is 2.62 bits per heavy atom. The molecule has 26 heavy (non-hydrogen) atoms. The van der Waals surface area contributed by atoms with E-state index >= 15 is 0 Å². The molecule has 0 aliphatic carbocycles. The molecule has 0 fully saturated rings. The Morgan fingerprint density at radius 1 is 1.35 bits per heavy atom. The molecule has 136 valence electrons. The number of H-pyrrole nitrogens is 1. The quantitative estimate of drug-likeness (QED) is 0.846. The number of nitrogens with one attached hydrogen (secondary N) is 1. The van der Waals surface area contributed by atoms with E-state index in [2.05, 4.69) is 10.1 Å². The average Bonchev–Trinajstić information content (AvgIpc) is 3.04. The molecule has 1 aromatic heterocycles. The van der Waals surface area contributed by atoms with E-state index in [1.807, 2.05) is 0 Å². The van der Waals surface area contributed by atoms with Crippen LogP contribution in [-0.2, 0) is 11.8 Å². The van der Waals surface area contributed by atoms with Crippen LogP contribution in [0.4, 0.5) is 0 Å². The van der Waals surface area contributed by atoms with Gasteiger partial charge in [0.2, 0.25) is 11.8 Å². The third-order valence-electron chi connectivity index (χ3n) is 4.31. The lowest BCUT2D eigenvalue weighted by atomic mass is 9.99. The number of hydrogen-bond donors (Lipinski definition) is 2. The van der Waals surface area contributed by atoms with Gasteiger partial charge in [-0.25, -0.2) is 9.80 Å². The van der Waals surface area contributed by atoms with Crippen LogP contribution in [-0.4, -0.2) is 31.3 Å². The van der Waals surface area contributed by atoms with Crippen molar-refractivity contribution >= 4 is 23.2 Å². The first-order chi connectivity index (χ1) is 12.3. The number of amides is 1. The van der Waals surface area contributed by atoms with Crippen LogP contribution in [0.2, 0.25) is 5.02 Å². The maximum Gasteiger partial charge on any atom is 0.330 e. The third kappa shape index (κ3) is 3.03. The van der Waals surface area contributed by atoms with Crippen molar-refractivity contribution < 1.29 is 9.90 Å². The van der Waals surface area contributed by atoms with E-state index in [1.165, 1.54) is 12.1 Å². The molecule has 9 heteroatoms. The second kappa shape index (κ2) is 6.80. The van der Waals surface area contributed by atoms with Crippen LogP contribution >= 0.6 is 11.6 Å². The molecular weight excluding hydrogens is 360 g/mol. The van der Waals surface area contributed by atoms with Crippen LogP contribution in [0.5, 0.6) is 5.88 Å². The largest absolute Gasteiger partial charge is 0.494 e. The van der Waals surface area contributed by atoms with Crippen LogP contribution in [0.1, 0.15) is 36.9 Å². The maximum atomic E-state index is 12.3. The van der Waals surface area contributed by atoms with Crippen molar-refractivity contribution in [2.24, 2.45) is 12.1 Å². The van der Waals surface area contributed by atoms with E-state index in [0.717, 1.165) is 10.1 Å². The Hall–Kier alpha value is -2.87. The lowest BCUT2D eigenvalue weighted by molar-refractivity contribution is -0.132. The zero-order chi connectivity index (χ0) is 19.0. The van der Waals surface area contributed by atoms with Crippen molar-refractivity contribution in [3.05, 3.63) is 61.3 Å². The molecule has 1 atom stereocenters.